The standard InChI is InChI=1S/C16H24N2O2/c1-10-9-12-13(7-6-8-14(12)19)18(10)11(2)15(20)17-16(3,4)5/h9,11H,6-8H2,1-5H3,(H,17,20). The second-order valence-corrected chi connectivity index (χ2v) is 6.71. The molecule has 1 amide bonds. The summed E-state index contributed by atoms with van der Waals surface area (Å²) in [6.45, 7) is 9.78. The number of hydrogen-bond acceptors (Lipinski definition) is 2. The average molecular weight is 276 g/mol. The first kappa shape index (κ1) is 14.8. The van der Waals surface area contributed by atoms with Crippen molar-refractivity contribution in [2.45, 2.75) is 65.5 Å². The Bertz CT molecular complexity index is 550. The molecule has 1 unspecified atom stereocenters. The van der Waals surface area contributed by atoms with E-state index < -0.39 is 0 Å². The first-order valence-corrected chi connectivity index (χ1v) is 7.26. The molecule has 20 heavy (non-hydrogen) atoms. The highest BCUT2D eigenvalue weighted by Crippen LogP contribution is 2.28. The molecule has 0 bridgehead atoms. The lowest BCUT2D eigenvalue weighted by Crippen LogP contribution is -2.44. The number of nitrogens with one attached hydrogen (secondary N) is 1. The van der Waals surface area contributed by atoms with E-state index in [0.717, 1.165) is 29.8 Å². The zero-order valence-corrected chi connectivity index (χ0v) is 13.0. The van der Waals surface area contributed by atoms with Gasteiger partial charge in [0.05, 0.1) is 0 Å². The summed E-state index contributed by atoms with van der Waals surface area (Å²) in [5.74, 6) is 0.202. The number of amides is 1. The van der Waals surface area contributed by atoms with Gasteiger partial charge in [-0.2, -0.15) is 0 Å². The Kier molecular flexibility index (Phi) is 3.76. The van der Waals surface area contributed by atoms with Crippen molar-refractivity contribution in [3.63, 3.8) is 0 Å². The van der Waals surface area contributed by atoms with Gasteiger partial charge in [0.25, 0.3) is 0 Å². The van der Waals surface area contributed by atoms with Crippen LogP contribution in [0, 0.1) is 6.92 Å². The zero-order chi connectivity index (χ0) is 15.1. The van der Waals surface area contributed by atoms with E-state index in [9.17, 15) is 9.59 Å². The van der Waals surface area contributed by atoms with Crippen LogP contribution >= 0.6 is 0 Å². The van der Waals surface area contributed by atoms with Crippen LogP contribution < -0.4 is 5.32 Å². The van der Waals surface area contributed by atoms with Crippen molar-refractivity contribution in [1.29, 1.82) is 0 Å². The molecule has 0 saturated heterocycles. The van der Waals surface area contributed by atoms with Gasteiger partial charge < -0.3 is 9.88 Å². The number of aryl methyl sites for hydroxylation is 1. The summed E-state index contributed by atoms with van der Waals surface area (Å²) in [7, 11) is 0. The van der Waals surface area contributed by atoms with E-state index in [-0.39, 0.29) is 23.3 Å². The van der Waals surface area contributed by atoms with Crippen LogP contribution in [-0.4, -0.2) is 21.8 Å². The van der Waals surface area contributed by atoms with Crippen LogP contribution in [0.15, 0.2) is 6.07 Å². The van der Waals surface area contributed by atoms with Gasteiger partial charge in [-0.3, -0.25) is 9.59 Å². The zero-order valence-electron chi connectivity index (χ0n) is 13.0. The molecule has 1 aromatic heterocycles. The van der Waals surface area contributed by atoms with Gasteiger partial charge in [0.1, 0.15) is 6.04 Å². The van der Waals surface area contributed by atoms with Crippen molar-refractivity contribution in [3.05, 3.63) is 23.0 Å². The number of nitrogens with zero attached hydrogens (tertiary/aromatic N) is 1. The Morgan fingerprint density at radius 1 is 1.35 bits per heavy atom. The van der Waals surface area contributed by atoms with Gasteiger partial charge in [0.15, 0.2) is 5.78 Å². The van der Waals surface area contributed by atoms with E-state index >= 15 is 0 Å². The van der Waals surface area contributed by atoms with E-state index in [0.29, 0.717) is 6.42 Å². The number of rotatable bonds is 2. The van der Waals surface area contributed by atoms with Crippen LogP contribution in [0.4, 0.5) is 0 Å². The number of carbonyl (C=O) groups excluding carboxylic acids is 2. The molecule has 1 aliphatic rings. The lowest BCUT2D eigenvalue weighted by molar-refractivity contribution is -0.125. The Morgan fingerprint density at radius 2 is 2.00 bits per heavy atom. The van der Waals surface area contributed by atoms with Crippen molar-refractivity contribution in [3.8, 4) is 0 Å². The highest BCUT2D eigenvalue weighted by molar-refractivity contribution is 5.98. The molecule has 1 heterocycles. The molecule has 2 rings (SSSR count). The first-order valence-electron chi connectivity index (χ1n) is 7.26. The second-order valence-electron chi connectivity index (χ2n) is 6.71. The molecule has 110 valence electrons. The van der Waals surface area contributed by atoms with Gasteiger partial charge >= 0.3 is 0 Å². The second kappa shape index (κ2) is 5.08. The predicted molar refractivity (Wildman–Crippen MR) is 79.0 cm³/mol. The maximum Gasteiger partial charge on any atom is 0.243 e. The molecular weight excluding hydrogens is 252 g/mol. The molecule has 1 aliphatic carbocycles. The van der Waals surface area contributed by atoms with E-state index in [4.69, 9.17) is 0 Å². The van der Waals surface area contributed by atoms with E-state index in [1.54, 1.807) is 0 Å². The van der Waals surface area contributed by atoms with Crippen LogP contribution in [0.1, 0.15) is 68.3 Å². The summed E-state index contributed by atoms with van der Waals surface area (Å²) in [5.41, 5.74) is 2.57. The molecular formula is C16H24N2O2. The number of carbonyl (C=O) groups is 2. The van der Waals surface area contributed by atoms with Gasteiger partial charge in [-0.25, -0.2) is 0 Å². The van der Waals surface area contributed by atoms with Gasteiger partial charge in [-0.15, -0.1) is 0 Å². The van der Waals surface area contributed by atoms with Crippen molar-refractivity contribution in [1.82, 2.24) is 9.88 Å². The smallest absolute Gasteiger partial charge is 0.243 e. The summed E-state index contributed by atoms with van der Waals surface area (Å²) in [6, 6.07) is 1.64. The molecule has 1 N–H and O–H groups in total. The van der Waals surface area contributed by atoms with Crippen molar-refractivity contribution in [2.75, 3.05) is 0 Å². The van der Waals surface area contributed by atoms with Gasteiger partial charge in [0.2, 0.25) is 5.91 Å². The van der Waals surface area contributed by atoms with E-state index in [1.165, 1.54) is 0 Å². The molecule has 1 atom stereocenters. The quantitative estimate of drug-likeness (QED) is 0.903. The van der Waals surface area contributed by atoms with Crippen LogP contribution in [-0.2, 0) is 11.2 Å². The monoisotopic (exact) mass is 276 g/mol. The minimum atomic E-state index is -0.288. The Labute approximate surface area is 120 Å². The summed E-state index contributed by atoms with van der Waals surface area (Å²) < 4.78 is 2.02. The topological polar surface area (TPSA) is 51.1 Å². The Morgan fingerprint density at radius 3 is 2.60 bits per heavy atom. The Hall–Kier alpha value is -1.58. The highest BCUT2D eigenvalue weighted by atomic mass is 16.2. The van der Waals surface area contributed by atoms with Crippen molar-refractivity contribution >= 4 is 11.7 Å². The van der Waals surface area contributed by atoms with Gasteiger partial charge in [0, 0.05) is 28.9 Å². The third-order valence-corrected chi connectivity index (χ3v) is 3.72. The summed E-state index contributed by atoms with van der Waals surface area (Å²) in [4.78, 5) is 24.3. The average Bonchev–Trinajstić information content (AvgIpc) is 2.64. The largest absolute Gasteiger partial charge is 0.350 e. The number of ketones is 1. The predicted octanol–water partition coefficient (Wildman–Crippen LogP) is 2.79. The highest BCUT2D eigenvalue weighted by Gasteiger charge is 2.28. The first-order chi connectivity index (χ1) is 9.20. The fourth-order valence-corrected chi connectivity index (χ4v) is 2.88. The molecule has 1 aromatic rings. The van der Waals surface area contributed by atoms with Crippen LogP contribution in [0.2, 0.25) is 0 Å². The number of hydrogen-bond donors (Lipinski definition) is 1. The summed E-state index contributed by atoms with van der Waals surface area (Å²) in [6.07, 6.45) is 2.38. The van der Waals surface area contributed by atoms with E-state index in [2.05, 4.69) is 5.32 Å². The molecule has 0 saturated carbocycles. The van der Waals surface area contributed by atoms with Crippen molar-refractivity contribution < 1.29 is 9.59 Å². The van der Waals surface area contributed by atoms with Gasteiger partial charge in [-0.1, -0.05) is 0 Å². The lowest BCUT2D eigenvalue weighted by Gasteiger charge is -2.26. The number of fused-ring (bicyclic) bond motifs is 1. The summed E-state index contributed by atoms with van der Waals surface area (Å²) >= 11 is 0. The fraction of sp³-hybridized carbons (Fsp3) is 0.625. The molecule has 0 aromatic carbocycles. The maximum absolute atomic E-state index is 12.4. The normalized spacial score (nSPS) is 16.8. The number of Topliss-reactive ketones (excluding diaryl/α,β-unsaturated/α-hetero) is 1. The van der Waals surface area contributed by atoms with E-state index in [1.807, 2.05) is 45.3 Å². The van der Waals surface area contributed by atoms with Crippen molar-refractivity contribution in [2.24, 2.45) is 0 Å². The van der Waals surface area contributed by atoms with Gasteiger partial charge in [-0.05, 0) is 53.5 Å². The Balaban J connectivity index is 2.33. The fourth-order valence-electron chi connectivity index (χ4n) is 2.88. The molecule has 0 fully saturated rings. The van der Waals surface area contributed by atoms with Crippen LogP contribution in [0.5, 0.6) is 0 Å². The van der Waals surface area contributed by atoms with Crippen LogP contribution in [0.3, 0.4) is 0 Å². The lowest BCUT2D eigenvalue weighted by atomic mass is 9.96. The third kappa shape index (κ3) is 2.79. The minimum Gasteiger partial charge on any atom is -0.350 e. The summed E-state index contributed by atoms with van der Waals surface area (Å²) in [5, 5.41) is 3.01. The minimum absolute atomic E-state index is 0.00276. The SMILES string of the molecule is Cc1cc2c(n1C(C)C(=O)NC(C)(C)C)CCCC2=O. The maximum atomic E-state index is 12.4. The molecule has 0 aliphatic heterocycles. The number of aromatic nitrogens is 1. The molecule has 4 nitrogen and oxygen atoms in total. The molecule has 4 heteroatoms. The third-order valence-electron chi connectivity index (χ3n) is 3.72. The molecule has 0 spiro atoms. The molecule has 0 radical (unpaired) electrons. The van der Waals surface area contributed by atoms with Crippen LogP contribution in [0.25, 0.3) is 0 Å².